The van der Waals surface area contributed by atoms with E-state index >= 15 is 0 Å². The molecule has 1 fully saturated rings. The molecule has 0 saturated carbocycles. The van der Waals surface area contributed by atoms with Gasteiger partial charge in [0.25, 0.3) is 0 Å². The lowest BCUT2D eigenvalue weighted by Gasteiger charge is -2.36. The largest absolute Gasteiger partial charge is 0.349 e. The van der Waals surface area contributed by atoms with Gasteiger partial charge in [0.1, 0.15) is 0 Å². The summed E-state index contributed by atoms with van der Waals surface area (Å²) in [5, 5.41) is 2.87. The second-order valence-electron chi connectivity index (χ2n) is 5.93. The Morgan fingerprint density at radius 1 is 1.50 bits per heavy atom. The van der Waals surface area contributed by atoms with E-state index in [1.807, 2.05) is 6.92 Å². The minimum atomic E-state index is -3.54. The summed E-state index contributed by atoms with van der Waals surface area (Å²) < 4.78 is 28.1. The van der Waals surface area contributed by atoms with Crippen molar-refractivity contribution in [3.05, 3.63) is 36.4 Å². The molecule has 1 aliphatic heterocycles. The molecule has 0 radical (unpaired) electrons. The lowest BCUT2D eigenvalue weighted by atomic mass is 9.95. The van der Waals surface area contributed by atoms with Crippen LogP contribution in [0.5, 0.6) is 0 Å². The lowest BCUT2D eigenvalue weighted by molar-refractivity contribution is -0.117. The van der Waals surface area contributed by atoms with Gasteiger partial charge in [-0.1, -0.05) is 13.5 Å². The molecule has 8 heteroatoms. The molecule has 128 valence electrons. The van der Waals surface area contributed by atoms with Gasteiger partial charge in [-0.05, 0) is 36.6 Å². The first-order valence-corrected chi connectivity index (χ1v) is 10.00. The van der Waals surface area contributed by atoms with Crippen molar-refractivity contribution >= 4 is 37.5 Å². The van der Waals surface area contributed by atoms with Crippen LogP contribution in [0.3, 0.4) is 0 Å². The monoisotopic (exact) mass is 365 g/mol. The number of sulfonamides is 1. The van der Waals surface area contributed by atoms with Gasteiger partial charge < -0.3 is 5.32 Å². The first kappa shape index (κ1) is 17.1. The standard InChI is InChI=1S/C16H19N3O3S2/c1-3-16(20)18-13-6-7-19(9-11(13)2)24(21,22)12-4-5-14-15(8-12)23-10-17-14/h3-5,8,10-11,13H,1,6-7,9H2,2H3,(H,18,20). The summed E-state index contributed by atoms with van der Waals surface area (Å²) in [4.78, 5) is 15.9. The predicted molar refractivity (Wildman–Crippen MR) is 94.3 cm³/mol. The van der Waals surface area contributed by atoms with Crippen LogP contribution in [0.4, 0.5) is 0 Å². The molecule has 1 amide bonds. The van der Waals surface area contributed by atoms with Crippen LogP contribution in [0.25, 0.3) is 10.2 Å². The summed E-state index contributed by atoms with van der Waals surface area (Å²) in [6.07, 6.45) is 1.82. The van der Waals surface area contributed by atoms with Gasteiger partial charge in [0.05, 0.1) is 20.6 Å². The Bertz CT molecular complexity index is 876. The average molecular weight is 365 g/mol. The smallest absolute Gasteiger partial charge is 0.243 e. The maximum Gasteiger partial charge on any atom is 0.243 e. The van der Waals surface area contributed by atoms with Crippen molar-refractivity contribution < 1.29 is 13.2 Å². The molecule has 0 aliphatic carbocycles. The highest BCUT2D eigenvalue weighted by Crippen LogP contribution is 2.27. The molecule has 6 nitrogen and oxygen atoms in total. The van der Waals surface area contributed by atoms with Gasteiger partial charge in [0, 0.05) is 19.1 Å². The Labute approximate surface area is 145 Å². The van der Waals surface area contributed by atoms with Crippen LogP contribution in [0.15, 0.2) is 41.3 Å². The van der Waals surface area contributed by atoms with Crippen molar-refractivity contribution in [1.82, 2.24) is 14.6 Å². The minimum Gasteiger partial charge on any atom is -0.349 e. The number of piperidine rings is 1. The van der Waals surface area contributed by atoms with Crippen molar-refractivity contribution in [2.45, 2.75) is 24.3 Å². The van der Waals surface area contributed by atoms with Gasteiger partial charge in [-0.15, -0.1) is 11.3 Å². The number of rotatable bonds is 4. The van der Waals surface area contributed by atoms with E-state index in [4.69, 9.17) is 0 Å². The topological polar surface area (TPSA) is 79.4 Å². The zero-order chi connectivity index (χ0) is 17.3. The predicted octanol–water partition coefficient (Wildman–Crippen LogP) is 2.00. The van der Waals surface area contributed by atoms with E-state index in [0.717, 1.165) is 10.2 Å². The molecular formula is C16H19N3O3S2. The van der Waals surface area contributed by atoms with Crippen molar-refractivity contribution in [3.8, 4) is 0 Å². The fourth-order valence-corrected chi connectivity index (χ4v) is 5.30. The van der Waals surface area contributed by atoms with Gasteiger partial charge >= 0.3 is 0 Å². The van der Waals surface area contributed by atoms with Crippen molar-refractivity contribution in [2.75, 3.05) is 13.1 Å². The summed E-state index contributed by atoms with van der Waals surface area (Å²) in [5.74, 6) is -0.191. The van der Waals surface area contributed by atoms with E-state index in [2.05, 4.69) is 16.9 Å². The van der Waals surface area contributed by atoms with Crippen LogP contribution >= 0.6 is 11.3 Å². The molecule has 1 aromatic heterocycles. The third-order valence-corrected chi connectivity index (χ3v) is 6.97. The normalized spacial score (nSPS) is 22.4. The van der Waals surface area contributed by atoms with E-state index < -0.39 is 10.0 Å². The number of nitrogens with zero attached hydrogens (tertiary/aromatic N) is 2. The number of aromatic nitrogens is 1. The molecule has 2 heterocycles. The molecule has 2 unspecified atom stereocenters. The third-order valence-electron chi connectivity index (χ3n) is 4.32. The zero-order valence-corrected chi connectivity index (χ0v) is 14.9. The van der Waals surface area contributed by atoms with E-state index in [1.54, 1.807) is 23.7 Å². The van der Waals surface area contributed by atoms with Crippen molar-refractivity contribution in [1.29, 1.82) is 0 Å². The molecule has 1 N–H and O–H groups in total. The molecule has 1 aliphatic rings. The second-order valence-corrected chi connectivity index (χ2v) is 8.75. The summed E-state index contributed by atoms with van der Waals surface area (Å²) in [5.41, 5.74) is 2.51. The zero-order valence-electron chi connectivity index (χ0n) is 13.3. The molecule has 0 spiro atoms. The van der Waals surface area contributed by atoms with Gasteiger partial charge in [-0.2, -0.15) is 4.31 Å². The SMILES string of the molecule is C=CC(=O)NC1CCN(S(=O)(=O)c2ccc3ncsc3c2)CC1C. The van der Waals surface area contributed by atoms with E-state index in [0.29, 0.717) is 24.4 Å². The van der Waals surface area contributed by atoms with E-state index in [9.17, 15) is 13.2 Å². The molecule has 2 aromatic rings. The molecule has 1 aromatic carbocycles. The number of hydrogen-bond acceptors (Lipinski definition) is 5. The molecule has 1 saturated heterocycles. The second kappa shape index (κ2) is 6.62. The number of amides is 1. The van der Waals surface area contributed by atoms with Gasteiger partial charge in [0.15, 0.2) is 0 Å². The van der Waals surface area contributed by atoms with E-state index in [-0.39, 0.29) is 17.9 Å². The fourth-order valence-electron chi connectivity index (χ4n) is 2.93. The first-order valence-electron chi connectivity index (χ1n) is 7.68. The molecule has 24 heavy (non-hydrogen) atoms. The van der Waals surface area contributed by atoms with Crippen LogP contribution in [-0.4, -0.2) is 42.7 Å². The van der Waals surface area contributed by atoms with Crippen LogP contribution < -0.4 is 5.32 Å². The number of carbonyl (C=O) groups is 1. The van der Waals surface area contributed by atoms with Crippen molar-refractivity contribution in [2.24, 2.45) is 5.92 Å². The van der Waals surface area contributed by atoms with Gasteiger partial charge in [-0.3, -0.25) is 4.79 Å². The summed E-state index contributed by atoms with van der Waals surface area (Å²) in [7, 11) is -3.54. The Morgan fingerprint density at radius 2 is 2.29 bits per heavy atom. The number of benzene rings is 1. The van der Waals surface area contributed by atoms with Gasteiger partial charge in [-0.25, -0.2) is 13.4 Å². The van der Waals surface area contributed by atoms with Crippen LogP contribution in [-0.2, 0) is 14.8 Å². The summed E-state index contributed by atoms with van der Waals surface area (Å²) >= 11 is 1.42. The fraction of sp³-hybridized carbons (Fsp3) is 0.375. The molecule has 0 bridgehead atoms. The van der Waals surface area contributed by atoms with E-state index in [1.165, 1.54) is 21.7 Å². The highest BCUT2D eigenvalue weighted by atomic mass is 32.2. The molecular weight excluding hydrogens is 346 g/mol. The highest BCUT2D eigenvalue weighted by Gasteiger charge is 2.34. The van der Waals surface area contributed by atoms with Gasteiger partial charge in [0.2, 0.25) is 15.9 Å². The Hall–Kier alpha value is -1.77. The summed E-state index contributed by atoms with van der Waals surface area (Å²) in [6.45, 7) is 6.15. The highest BCUT2D eigenvalue weighted by molar-refractivity contribution is 7.89. The number of hydrogen-bond donors (Lipinski definition) is 1. The number of fused-ring (bicyclic) bond motifs is 1. The van der Waals surface area contributed by atoms with Crippen LogP contribution in [0.1, 0.15) is 13.3 Å². The minimum absolute atomic E-state index is 0.0320. The number of carbonyl (C=O) groups excluding carboxylic acids is 1. The maximum atomic E-state index is 12.9. The molecule has 3 rings (SSSR count). The van der Waals surface area contributed by atoms with Crippen LogP contribution in [0.2, 0.25) is 0 Å². The number of nitrogens with one attached hydrogen (secondary N) is 1. The third kappa shape index (κ3) is 3.22. The van der Waals surface area contributed by atoms with Crippen molar-refractivity contribution in [3.63, 3.8) is 0 Å². The number of thiazole rings is 1. The Balaban J connectivity index is 1.78. The lowest BCUT2D eigenvalue weighted by Crippen LogP contribution is -2.51. The quantitative estimate of drug-likeness (QED) is 0.841. The Kier molecular flexibility index (Phi) is 4.71. The average Bonchev–Trinajstić information content (AvgIpc) is 3.04. The molecule has 2 atom stereocenters. The Morgan fingerprint density at radius 3 is 3.00 bits per heavy atom. The first-order chi connectivity index (χ1) is 11.4. The maximum absolute atomic E-state index is 12.9. The van der Waals surface area contributed by atoms with Crippen LogP contribution in [0, 0.1) is 5.92 Å². The summed E-state index contributed by atoms with van der Waals surface area (Å²) in [6, 6.07) is 4.98.